The normalized spacial score (nSPS) is 10.0. The lowest BCUT2D eigenvalue weighted by molar-refractivity contribution is -0.115. The fourth-order valence-electron chi connectivity index (χ4n) is 1.79. The summed E-state index contributed by atoms with van der Waals surface area (Å²) in [5.74, 6) is -2.16. The molecule has 2 aromatic heterocycles. The number of nitrogens with one attached hydrogen (secondary N) is 1. The van der Waals surface area contributed by atoms with Crippen molar-refractivity contribution < 1.29 is 24.2 Å². The molecule has 2 aromatic rings. The third-order valence-corrected chi connectivity index (χ3v) is 5.10. The molecule has 2 N–H and O–H groups in total. The molecule has 0 aliphatic carbocycles. The van der Waals surface area contributed by atoms with Crippen LogP contribution in [0.25, 0.3) is 9.75 Å². The number of ether oxygens (including phenoxy) is 1. The lowest BCUT2D eigenvalue weighted by Gasteiger charge is -2.03. The number of carboxylic acid groups (broad SMARTS) is 1. The molecular formula is C15H12N2O5S2. The largest absolute Gasteiger partial charge is 0.477 e. The molecule has 2 heterocycles. The predicted octanol–water partition coefficient (Wildman–Crippen LogP) is 3.20. The topological polar surface area (TPSA) is 116 Å². The second-order valence-corrected chi connectivity index (χ2v) is 6.56. The van der Waals surface area contributed by atoms with E-state index in [1.807, 2.05) is 0 Å². The van der Waals surface area contributed by atoms with E-state index in [9.17, 15) is 14.4 Å². The molecule has 0 atom stereocenters. The van der Waals surface area contributed by atoms with E-state index in [4.69, 9.17) is 15.1 Å². The van der Waals surface area contributed by atoms with Crippen LogP contribution in [0.5, 0.6) is 0 Å². The number of amides is 1. The Morgan fingerprint density at radius 3 is 2.62 bits per heavy atom. The minimum absolute atomic E-state index is 0.172. The maximum Gasteiger partial charge on any atom is 0.345 e. The number of nitrogens with zero attached hydrogens (tertiary/aromatic N) is 1. The molecule has 0 spiro atoms. The summed E-state index contributed by atoms with van der Waals surface area (Å²) in [6.07, 6.45) is -0.336. The first-order chi connectivity index (χ1) is 11.5. The van der Waals surface area contributed by atoms with Gasteiger partial charge in [0.15, 0.2) is 0 Å². The van der Waals surface area contributed by atoms with Gasteiger partial charge in [0.2, 0.25) is 5.91 Å². The zero-order valence-corrected chi connectivity index (χ0v) is 14.1. The number of carboxylic acids is 1. The van der Waals surface area contributed by atoms with Crippen LogP contribution < -0.4 is 5.32 Å². The second-order valence-electron chi connectivity index (χ2n) is 4.43. The summed E-state index contributed by atoms with van der Waals surface area (Å²) in [5, 5.41) is 20.3. The third-order valence-electron chi connectivity index (χ3n) is 2.78. The predicted molar refractivity (Wildman–Crippen MR) is 89.4 cm³/mol. The molecular weight excluding hydrogens is 352 g/mol. The fourth-order valence-corrected chi connectivity index (χ4v) is 3.78. The molecule has 2 rings (SSSR count). The molecule has 0 fully saturated rings. The Labute approximate surface area is 145 Å². The van der Waals surface area contributed by atoms with Crippen molar-refractivity contribution >= 4 is 45.5 Å². The molecule has 1 amide bonds. The van der Waals surface area contributed by atoms with Crippen LogP contribution in [0, 0.1) is 11.3 Å². The Hall–Kier alpha value is -2.70. The molecule has 0 aliphatic heterocycles. The maximum atomic E-state index is 12.0. The first kappa shape index (κ1) is 17.7. The minimum atomic E-state index is -1.03. The number of hydrogen-bond acceptors (Lipinski definition) is 7. The Morgan fingerprint density at radius 1 is 1.29 bits per heavy atom. The van der Waals surface area contributed by atoms with Gasteiger partial charge in [0.1, 0.15) is 16.3 Å². The van der Waals surface area contributed by atoms with E-state index in [-0.39, 0.29) is 28.5 Å². The van der Waals surface area contributed by atoms with Gasteiger partial charge in [-0.25, -0.2) is 9.59 Å². The Bertz CT molecular complexity index is 831. The molecule has 0 radical (unpaired) electrons. The zero-order valence-electron chi connectivity index (χ0n) is 12.5. The highest BCUT2D eigenvalue weighted by Gasteiger charge is 2.21. The highest BCUT2D eigenvalue weighted by atomic mass is 32.1. The second kappa shape index (κ2) is 7.72. The summed E-state index contributed by atoms with van der Waals surface area (Å²) >= 11 is 2.19. The number of anilines is 1. The Kier molecular flexibility index (Phi) is 5.68. The summed E-state index contributed by atoms with van der Waals surface area (Å²) in [7, 11) is 0. The highest BCUT2D eigenvalue weighted by molar-refractivity contribution is 7.25. The first-order valence-electron chi connectivity index (χ1n) is 6.77. The van der Waals surface area contributed by atoms with Crippen molar-refractivity contribution in [2.45, 2.75) is 13.3 Å². The summed E-state index contributed by atoms with van der Waals surface area (Å²) in [4.78, 5) is 36.1. The SMILES string of the molecule is CCOC(=O)c1cc(-c2ccc(C(=O)O)s2)sc1NC(=O)CC#N. The lowest BCUT2D eigenvalue weighted by atomic mass is 10.2. The van der Waals surface area contributed by atoms with Crippen LogP contribution in [-0.4, -0.2) is 29.6 Å². The number of thiophene rings is 2. The maximum absolute atomic E-state index is 12.0. The molecule has 0 bridgehead atoms. The Morgan fingerprint density at radius 2 is 2.04 bits per heavy atom. The van der Waals surface area contributed by atoms with Gasteiger partial charge in [-0.3, -0.25) is 4.79 Å². The van der Waals surface area contributed by atoms with Gasteiger partial charge in [-0.2, -0.15) is 5.26 Å². The average molecular weight is 364 g/mol. The van der Waals surface area contributed by atoms with E-state index in [1.165, 1.54) is 6.07 Å². The van der Waals surface area contributed by atoms with Crippen LogP contribution >= 0.6 is 22.7 Å². The molecule has 0 saturated carbocycles. The number of esters is 1. The van der Waals surface area contributed by atoms with Crippen LogP contribution in [0.1, 0.15) is 33.4 Å². The van der Waals surface area contributed by atoms with Gasteiger partial charge in [0.05, 0.1) is 18.2 Å². The van der Waals surface area contributed by atoms with E-state index < -0.39 is 17.8 Å². The van der Waals surface area contributed by atoms with Crippen molar-refractivity contribution in [2.75, 3.05) is 11.9 Å². The molecule has 0 saturated heterocycles. The van der Waals surface area contributed by atoms with E-state index >= 15 is 0 Å². The van der Waals surface area contributed by atoms with Crippen molar-refractivity contribution in [3.8, 4) is 15.8 Å². The van der Waals surface area contributed by atoms with Crippen molar-refractivity contribution in [3.05, 3.63) is 28.6 Å². The Balaban J connectivity index is 2.39. The van der Waals surface area contributed by atoms with Crippen LogP contribution in [0.3, 0.4) is 0 Å². The standard InChI is InChI=1S/C15H12N2O5S2/c1-2-22-15(21)8-7-11(9-3-4-10(23-9)14(19)20)24-13(8)17-12(18)5-6-16/h3-4,7H,2,5H2,1H3,(H,17,18)(H,19,20). The van der Waals surface area contributed by atoms with Gasteiger partial charge in [0, 0.05) is 9.75 Å². The van der Waals surface area contributed by atoms with Gasteiger partial charge in [-0.05, 0) is 25.1 Å². The summed E-state index contributed by atoms with van der Waals surface area (Å²) < 4.78 is 4.96. The van der Waals surface area contributed by atoms with Gasteiger partial charge < -0.3 is 15.2 Å². The number of nitriles is 1. The number of carbonyl (C=O) groups excluding carboxylic acids is 2. The zero-order chi connectivity index (χ0) is 17.7. The molecule has 0 aliphatic rings. The highest BCUT2D eigenvalue weighted by Crippen LogP contribution is 2.39. The van der Waals surface area contributed by atoms with Crippen LogP contribution in [0.2, 0.25) is 0 Å². The van der Waals surface area contributed by atoms with Crippen molar-refractivity contribution in [1.29, 1.82) is 5.26 Å². The summed E-state index contributed by atoms with van der Waals surface area (Å²) in [6, 6.07) is 6.38. The average Bonchev–Trinajstić information content (AvgIpc) is 3.14. The van der Waals surface area contributed by atoms with Crippen LogP contribution in [0.4, 0.5) is 5.00 Å². The molecule has 24 heavy (non-hydrogen) atoms. The smallest absolute Gasteiger partial charge is 0.345 e. The van der Waals surface area contributed by atoms with Crippen molar-refractivity contribution in [2.24, 2.45) is 0 Å². The lowest BCUT2D eigenvalue weighted by Crippen LogP contribution is -2.13. The summed E-state index contributed by atoms with van der Waals surface area (Å²) in [6.45, 7) is 1.84. The number of carbonyl (C=O) groups is 3. The number of aromatic carboxylic acids is 1. The van der Waals surface area contributed by atoms with Gasteiger partial charge >= 0.3 is 11.9 Å². The van der Waals surface area contributed by atoms with Crippen LogP contribution in [-0.2, 0) is 9.53 Å². The molecule has 0 unspecified atom stereocenters. The quantitative estimate of drug-likeness (QED) is 0.760. The molecule has 124 valence electrons. The first-order valence-corrected chi connectivity index (χ1v) is 8.40. The molecule has 9 heteroatoms. The summed E-state index contributed by atoms with van der Waals surface area (Å²) in [5.41, 5.74) is 0.174. The van der Waals surface area contributed by atoms with Gasteiger partial charge in [0.25, 0.3) is 0 Å². The number of rotatable bonds is 6. The van der Waals surface area contributed by atoms with E-state index in [0.29, 0.717) is 9.75 Å². The van der Waals surface area contributed by atoms with Gasteiger partial charge in [-0.1, -0.05) is 0 Å². The van der Waals surface area contributed by atoms with Gasteiger partial charge in [-0.15, -0.1) is 22.7 Å². The van der Waals surface area contributed by atoms with Crippen LogP contribution in [0.15, 0.2) is 18.2 Å². The van der Waals surface area contributed by atoms with Crippen molar-refractivity contribution in [3.63, 3.8) is 0 Å². The minimum Gasteiger partial charge on any atom is -0.477 e. The fraction of sp³-hybridized carbons (Fsp3) is 0.200. The van der Waals surface area contributed by atoms with Crippen molar-refractivity contribution in [1.82, 2.24) is 0 Å². The van der Waals surface area contributed by atoms with E-state index in [2.05, 4.69) is 5.32 Å². The monoisotopic (exact) mass is 364 g/mol. The molecule has 7 nitrogen and oxygen atoms in total. The van der Waals surface area contributed by atoms with E-state index in [0.717, 1.165) is 22.7 Å². The molecule has 0 aromatic carbocycles. The third kappa shape index (κ3) is 3.98. The number of hydrogen-bond donors (Lipinski definition) is 2. The van der Waals surface area contributed by atoms with E-state index in [1.54, 1.807) is 25.1 Å².